The van der Waals surface area contributed by atoms with Crippen LogP contribution in [0.1, 0.15) is 17.3 Å². The van der Waals surface area contributed by atoms with Gasteiger partial charge in [-0.1, -0.05) is 47.7 Å². The molecule has 0 N–H and O–H groups in total. The number of hydrogen-bond donors (Lipinski definition) is 0. The van der Waals surface area contributed by atoms with Crippen LogP contribution < -0.4 is 9.54 Å². The average molecular weight is 388 g/mol. The molecule has 0 bridgehead atoms. The number of fused-ring (bicyclic) bond motifs is 2. The van der Waals surface area contributed by atoms with Gasteiger partial charge in [0.15, 0.2) is 4.80 Å². The molecule has 0 unspecified atom stereocenters. The van der Waals surface area contributed by atoms with E-state index in [1.807, 2.05) is 78.2 Å². The van der Waals surface area contributed by atoms with Crippen LogP contribution in [0.15, 0.2) is 78.3 Å². The summed E-state index contributed by atoms with van der Waals surface area (Å²) in [5.74, 6) is 0.564. The third-order valence-electron chi connectivity index (χ3n) is 4.47. The number of thiazole rings is 1. The maximum atomic E-state index is 12.8. The lowest BCUT2D eigenvalue weighted by molar-refractivity contribution is 0.0998. The summed E-state index contributed by atoms with van der Waals surface area (Å²) in [5, 5.41) is 2.13. The summed E-state index contributed by atoms with van der Waals surface area (Å²) in [6.45, 7) is 6.99. The van der Waals surface area contributed by atoms with Crippen molar-refractivity contribution in [1.29, 1.82) is 0 Å². The maximum absolute atomic E-state index is 12.8. The van der Waals surface area contributed by atoms with Gasteiger partial charge in [-0.2, -0.15) is 4.99 Å². The molecule has 5 heteroatoms. The lowest BCUT2D eigenvalue weighted by Crippen LogP contribution is -2.16. The van der Waals surface area contributed by atoms with Crippen LogP contribution in [0.25, 0.3) is 21.0 Å². The number of hydrogen-bond acceptors (Lipinski definition) is 3. The van der Waals surface area contributed by atoms with Crippen molar-refractivity contribution < 1.29 is 9.53 Å². The van der Waals surface area contributed by atoms with E-state index in [4.69, 9.17) is 4.74 Å². The smallest absolute Gasteiger partial charge is 0.279 e. The van der Waals surface area contributed by atoms with Crippen molar-refractivity contribution in [2.45, 2.75) is 13.5 Å². The number of allylic oxidation sites excluding steroid dienone is 1. The Kier molecular flexibility index (Phi) is 5.08. The highest BCUT2D eigenvalue weighted by atomic mass is 32.1. The minimum Gasteiger partial charge on any atom is -0.494 e. The van der Waals surface area contributed by atoms with Gasteiger partial charge < -0.3 is 9.30 Å². The highest BCUT2D eigenvalue weighted by Crippen LogP contribution is 2.24. The average Bonchev–Trinajstić information content (AvgIpc) is 3.04. The third-order valence-corrected chi connectivity index (χ3v) is 5.51. The highest BCUT2D eigenvalue weighted by molar-refractivity contribution is 7.16. The largest absolute Gasteiger partial charge is 0.494 e. The van der Waals surface area contributed by atoms with E-state index >= 15 is 0 Å². The first-order valence-corrected chi connectivity index (χ1v) is 9.96. The maximum Gasteiger partial charge on any atom is 0.279 e. The van der Waals surface area contributed by atoms with Crippen molar-refractivity contribution >= 4 is 38.2 Å². The summed E-state index contributed by atoms with van der Waals surface area (Å²) >= 11 is 1.48. The fourth-order valence-corrected chi connectivity index (χ4v) is 4.24. The Hall–Kier alpha value is -3.18. The summed E-state index contributed by atoms with van der Waals surface area (Å²) in [7, 11) is 0. The van der Waals surface area contributed by atoms with Crippen LogP contribution in [0.4, 0.5) is 0 Å². The van der Waals surface area contributed by atoms with Gasteiger partial charge in [0.2, 0.25) is 0 Å². The molecule has 0 fully saturated rings. The molecule has 0 saturated carbocycles. The van der Waals surface area contributed by atoms with Crippen molar-refractivity contribution in [3.05, 3.63) is 83.7 Å². The minimum absolute atomic E-state index is 0.250. The van der Waals surface area contributed by atoms with E-state index in [-0.39, 0.29) is 5.91 Å². The van der Waals surface area contributed by atoms with Crippen LogP contribution in [0.5, 0.6) is 5.75 Å². The van der Waals surface area contributed by atoms with E-state index in [9.17, 15) is 4.79 Å². The second-order valence-electron chi connectivity index (χ2n) is 6.33. The molecule has 1 aromatic heterocycles. The number of aromatic nitrogens is 1. The molecule has 4 nitrogen and oxygen atoms in total. The monoisotopic (exact) mass is 388 g/mol. The summed E-state index contributed by atoms with van der Waals surface area (Å²) < 4.78 is 8.62. The first-order valence-electron chi connectivity index (χ1n) is 9.14. The molecule has 1 heterocycles. The highest BCUT2D eigenvalue weighted by Gasteiger charge is 2.10. The molecular formula is C23H20N2O2S. The van der Waals surface area contributed by atoms with Crippen molar-refractivity contribution in [3.8, 4) is 5.75 Å². The molecule has 3 aromatic carbocycles. The van der Waals surface area contributed by atoms with Gasteiger partial charge in [-0.05, 0) is 48.0 Å². The number of amides is 1. The van der Waals surface area contributed by atoms with Gasteiger partial charge in [0.05, 0.1) is 16.8 Å². The molecule has 0 aliphatic heterocycles. The molecule has 0 spiro atoms. The summed E-state index contributed by atoms with van der Waals surface area (Å²) in [6.07, 6.45) is 1.81. The van der Waals surface area contributed by atoms with E-state index in [2.05, 4.69) is 11.6 Å². The Bertz CT molecular complexity index is 1250. The molecule has 4 aromatic rings. The quantitative estimate of drug-likeness (QED) is 0.442. The second-order valence-corrected chi connectivity index (χ2v) is 7.33. The Morgan fingerprint density at radius 1 is 1.14 bits per heavy atom. The zero-order valence-electron chi connectivity index (χ0n) is 15.6. The van der Waals surface area contributed by atoms with Gasteiger partial charge in [0.25, 0.3) is 5.91 Å². The standard InChI is InChI=1S/C23H20N2O2S/c1-3-13-25-20-12-11-19(27-4-2)15-21(20)28-23(25)24-22(26)18-10-9-16-7-5-6-8-17(16)14-18/h3,5-12,14-15H,1,4,13H2,2H3. The molecule has 4 rings (SSSR count). The molecule has 140 valence electrons. The molecule has 1 amide bonds. The predicted octanol–water partition coefficient (Wildman–Crippen LogP) is 5.18. The summed E-state index contributed by atoms with van der Waals surface area (Å²) in [4.78, 5) is 17.9. The van der Waals surface area contributed by atoms with Gasteiger partial charge >= 0.3 is 0 Å². The number of carbonyl (C=O) groups excluding carboxylic acids is 1. The number of carbonyl (C=O) groups is 1. The van der Waals surface area contributed by atoms with Gasteiger partial charge in [-0.3, -0.25) is 4.79 Å². The van der Waals surface area contributed by atoms with Crippen LogP contribution in [0.3, 0.4) is 0 Å². The molecule has 0 aliphatic rings. The van der Waals surface area contributed by atoms with Crippen LogP contribution in [0, 0.1) is 0 Å². The fourth-order valence-electron chi connectivity index (χ4n) is 3.17. The fraction of sp³-hybridized carbons (Fsp3) is 0.130. The van der Waals surface area contributed by atoms with E-state index in [0.29, 0.717) is 23.5 Å². The van der Waals surface area contributed by atoms with Gasteiger partial charge in [-0.15, -0.1) is 6.58 Å². The van der Waals surface area contributed by atoms with Crippen LogP contribution in [-0.2, 0) is 6.54 Å². The molecule has 0 saturated heterocycles. The summed E-state index contributed by atoms with van der Waals surface area (Å²) in [6, 6.07) is 19.6. The summed E-state index contributed by atoms with van der Waals surface area (Å²) in [5.41, 5.74) is 1.59. The van der Waals surface area contributed by atoms with E-state index < -0.39 is 0 Å². The van der Waals surface area contributed by atoms with Crippen molar-refractivity contribution in [2.75, 3.05) is 6.61 Å². The Morgan fingerprint density at radius 2 is 1.96 bits per heavy atom. The SMILES string of the molecule is C=CCn1c(=NC(=O)c2ccc3ccccc3c2)sc2cc(OCC)ccc21. The molecule has 0 aliphatic carbocycles. The predicted molar refractivity (Wildman–Crippen MR) is 115 cm³/mol. The van der Waals surface area contributed by atoms with Crippen molar-refractivity contribution in [3.63, 3.8) is 0 Å². The van der Waals surface area contributed by atoms with Crippen LogP contribution >= 0.6 is 11.3 Å². The number of nitrogens with zero attached hydrogens (tertiary/aromatic N) is 2. The zero-order chi connectivity index (χ0) is 19.5. The molecular weight excluding hydrogens is 368 g/mol. The van der Waals surface area contributed by atoms with Crippen LogP contribution in [-0.4, -0.2) is 17.1 Å². The minimum atomic E-state index is -0.250. The number of rotatable bonds is 5. The second kappa shape index (κ2) is 7.82. The van der Waals surface area contributed by atoms with E-state index in [1.165, 1.54) is 11.3 Å². The molecule has 0 atom stereocenters. The van der Waals surface area contributed by atoms with Crippen molar-refractivity contribution in [1.82, 2.24) is 4.57 Å². The van der Waals surface area contributed by atoms with Gasteiger partial charge in [0, 0.05) is 12.1 Å². The zero-order valence-corrected chi connectivity index (χ0v) is 16.4. The Balaban J connectivity index is 1.80. The lowest BCUT2D eigenvalue weighted by atomic mass is 10.1. The molecule has 0 radical (unpaired) electrons. The number of benzene rings is 3. The first-order chi connectivity index (χ1) is 13.7. The third kappa shape index (κ3) is 3.49. The van der Waals surface area contributed by atoms with E-state index in [0.717, 1.165) is 26.7 Å². The van der Waals surface area contributed by atoms with Crippen molar-refractivity contribution in [2.24, 2.45) is 4.99 Å². The van der Waals surface area contributed by atoms with Gasteiger partial charge in [-0.25, -0.2) is 0 Å². The molecule has 28 heavy (non-hydrogen) atoms. The topological polar surface area (TPSA) is 43.6 Å². The Morgan fingerprint density at radius 3 is 2.75 bits per heavy atom. The lowest BCUT2D eigenvalue weighted by Gasteiger charge is -2.04. The first kappa shape index (κ1) is 18.2. The normalized spacial score (nSPS) is 11.8. The van der Waals surface area contributed by atoms with Gasteiger partial charge in [0.1, 0.15) is 5.75 Å². The Labute approximate surface area is 167 Å². The van der Waals surface area contributed by atoms with Crippen LogP contribution in [0.2, 0.25) is 0 Å². The van der Waals surface area contributed by atoms with E-state index in [1.54, 1.807) is 0 Å². The number of ether oxygens (including phenoxy) is 1.